The van der Waals surface area contributed by atoms with Gasteiger partial charge in [-0.2, -0.15) is 39.5 Å². The minimum Gasteiger partial charge on any atom is -0.339 e. The molecule has 1 nitrogen and oxygen atoms in total. The number of hydrogen-bond acceptors (Lipinski definition) is 3. The molecule has 1 N–H and O–H groups in total. The molecular formula is C7HClF9NS3. The number of nitrogens with one attached hydrogen (secondary N) is 1. The first kappa shape index (κ1) is 19.0. The predicted molar refractivity (Wildman–Crippen MR) is 61.5 cm³/mol. The van der Waals surface area contributed by atoms with E-state index in [4.69, 9.17) is 11.6 Å². The van der Waals surface area contributed by atoms with Crippen molar-refractivity contribution in [2.45, 2.75) is 31.3 Å². The number of thioether (sulfide) groups is 3. The van der Waals surface area contributed by atoms with Crippen LogP contribution in [-0.2, 0) is 0 Å². The van der Waals surface area contributed by atoms with Crippen molar-refractivity contribution in [3.63, 3.8) is 0 Å². The monoisotopic (exact) mass is 401 g/mol. The summed E-state index contributed by atoms with van der Waals surface area (Å²) in [7, 11) is 0. The lowest BCUT2D eigenvalue weighted by Gasteiger charge is -2.11. The van der Waals surface area contributed by atoms with Gasteiger partial charge in [0.15, 0.2) is 0 Å². The molecule has 0 aliphatic rings. The Bertz CT molecular complexity index is 503. The quantitative estimate of drug-likeness (QED) is 0.459. The van der Waals surface area contributed by atoms with Gasteiger partial charge in [0.2, 0.25) is 0 Å². The fraction of sp³-hybridized carbons (Fsp3) is 0.429. The van der Waals surface area contributed by atoms with Crippen LogP contribution in [-0.4, -0.2) is 21.5 Å². The van der Waals surface area contributed by atoms with E-state index in [0.29, 0.717) is 0 Å². The van der Waals surface area contributed by atoms with Crippen LogP contribution in [0.15, 0.2) is 14.8 Å². The minimum atomic E-state index is -5.08. The number of rotatable bonds is 3. The summed E-state index contributed by atoms with van der Waals surface area (Å²) >= 11 is 2.14. The van der Waals surface area contributed by atoms with Gasteiger partial charge in [-0.1, -0.05) is 11.6 Å². The SMILES string of the molecule is FC(F)(F)Sc1[nH]c(Cl)c(SC(F)(F)F)c1SC(F)(F)F. The van der Waals surface area contributed by atoms with Crippen molar-refractivity contribution in [1.29, 1.82) is 0 Å². The van der Waals surface area contributed by atoms with Crippen LogP contribution >= 0.6 is 46.9 Å². The molecule has 0 radical (unpaired) electrons. The van der Waals surface area contributed by atoms with Crippen molar-refractivity contribution in [2.75, 3.05) is 0 Å². The number of halogens is 10. The van der Waals surface area contributed by atoms with E-state index in [0.717, 1.165) is 0 Å². The average molecular weight is 402 g/mol. The lowest BCUT2D eigenvalue weighted by molar-refractivity contribution is -0.0351. The maximum absolute atomic E-state index is 12.3. The molecule has 0 bridgehead atoms. The van der Waals surface area contributed by atoms with E-state index in [2.05, 4.69) is 0 Å². The average Bonchev–Trinajstić information content (AvgIpc) is 2.39. The number of aromatic nitrogens is 1. The third kappa shape index (κ3) is 6.74. The molecule has 0 spiro atoms. The summed E-state index contributed by atoms with van der Waals surface area (Å²) in [4.78, 5) is -0.739. The van der Waals surface area contributed by atoms with Gasteiger partial charge >= 0.3 is 16.5 Å². The molecule has 0 aliphatic carbocycles. The highest BCUT2D eigenvalue weighted by molar-refractivity contribution is 8.04. The lowest BCUT2D eigenvalue weighted by Crippen LogP contribution is -2.04. The van der Waals surface area contributed by atoms with Gasteiger partial charge in [0.25, 0.3) is 0 Å². The zero-order valence-electron chi connectivity index (χ0n) is 9.00. The first-order valence-corrected chi connectivity index (χ1v) is 7.19. The van der Waals surface area contributed by atoms with Crippen LogP contribution in [0.3, 0.4) is 0 Å². The molecule has 1 aromatic rings. The highest BCUT2D eigenvalue weighted by Gasteiger charge is 2.41. The summed E-state index contributed by atoms with van der Waals surface area (Å²) in [5.41, 5.74) is -15.1. The summed E-state index contributed by atoms with van der Waals surface area (Å²) in [5, 5.41) is -2.10. The molecule has 0 atom stereocenters. The number of H-pyrrole nitrogens is 1. The van der Waals surface area contributed by atoms with Crippen molar-refractivity contribution >= 4 is 46.9 Å². The van der Waals surface area contributed by atoms with E-state index >= 15 is 0 Å². The van der Waals surface area contributed by atoms with Crippen molar-refractivity contribution < 1.29 is 39.5 Å². The standard InChI is InChI=1S/C7HClF9NS3/c8-3-1(19-5(9,10)11)2(20-6(12,13)14)4(18-3)21-7(15,16)17/h18H. The molecule has 0 unspecified atom stereocenters. The first-order chi connectivity index (χ1) is 9.18. The molecule has 1 rings (SSSR count). The fourth-order valence-corrected chi connectivity index (χ4v) is 3.72. The van der Waals surface area contributed by atoms with Gasteiger partial charge < -0.3 is 4.98 Å². The zero-order chi connectivity index (χ0) is 16.6. The van der Waals surface area contributed by atoms with Crippen LogP contribution in [0, 0.1) is 0 Å². The highest BCUT2D eigenvalue weighted by Crippen LogP contribution is 2.54. The first-order valence-electron chi connectivity index (χ1n) is 4.36. The Morgan fingerprint density at radius 2 is 1.05 bits per heavy atom. The number of hydrogen-bond donors (Lipinski definition) is 1. The van der Waals surface area contributed by atoms with Crippen molar-refractivity contribution in [3.8, 4) is 0 Å². The summed E-state index contributed by atoms with van der Waals surface area (Å²) in [5.74, 6) is 0. The fourth-order valence-electron chi connectivity index (χ4n) is 1.02. The Morgan fingerprint density at radius 1 is 0.667 bits per heavy atom. The minimum absolute atomic E-state index is 0.948. The lowest BCUT2D eigenvalue weighted by atomic mass is 10.6. The highest BCUT2D eigenvalue weighted by atomic mass is 35.5. The normalized spacial score (nSPS) is 13.8. The second kappa shape index (κ2) is 6.24. The third-order valence-electron chi connectivity index (χ3n) is 1.49. The summed E-state index contributed by atoms with van der Waals surface area (Å²) in [6, 6.07) is 0. The van der Waals surface area contributed by atoms with Crippen LogP contribution in [0.5, 0.6) is 0 Å². The smallest absolute Gasteiger partial charge is 0.339 e. The molecule has 14 heteroatoms. The van der Waals surface area contributed by atoms with E-state index in [1.165, 1.54) is 0 Å². The molecule has 0 fully saturated rings. The molecule has 21 heavy (non-hydrogen) atoms. The van der Waals surface area contributed by atoms with Crippen molar-refractivity contribution in [1.82, 2.24) is 4.98 Å². The Labute approximate surface area is 128 Å². The molecule has 1 heterocycles. The van der Waals surface area contributed by atoms with Crippen LogP contribution in [0.2, 0.25) is 5.15 Å². The molecule has 1 aromatic heterocycles. The maximum atomic E-state index is 12.3. The van der Waals surface area contributed by atoms with Crippen LogP contribution in [0.1, 0.15) is 0 Å². The van der Waals surface area contributed by atoms with E-state index in [1.807, 2.05) is 0 Å². The van der Waals surface area contributed by atoms with Gasteiger partial charge in [-0.15, -0.1) is 0 Å². The number of alkyl halides is 9. The topological polar surface area (TPSA) is 15.8 Å². The summed E-state index contributed by atoms with van der Waals surface area (Å²) in [6.45, 7) is 0. The van der Waals surface area contributed by atoms with E-state index in [-0.39, 0.29) is 0 Å². The Morgan fingerprint density at radius 3 is 1.43 bits per heavy atom. The van der Waals surface area contributed by atoms with Crippen LogP contribution < -0.4 is 0 Å². The molecule has 122 valence electrons. The molecule has 0 saturated heterocycles. The second-order valence-corrected chi connectivity index (χ2v) is 6.67. The van der Waals surface area contributed by atoms with E-state index in [9.17, 15) is 39.5 Å². The van der Waals surface area contributed by atoms with Crippen molar-refractivity contribution in [3.05, 3.63) is 5.15 Å². The van der Waals surface area contributed by atoms with Gasteiger partial charge in [0, 0.05) is 11.8 Å². The molecule has 0 saturated carbocycles. The van der Waals surface area contributed by atoms with Crippen LogP contribution in [0.25, 0.3) is 0 Å². The molecule has 0 amide bonds. The summed E-state index contributed by atoms with van der Waals surface area (Å²) in [6.07, 6.45) is 0. The molecule has 0 aliphatic heterocycles. The zero-order valence-corrected chi connectivity index (χ0v) is 12.2. The Hall–Kier alpha value is -0.0100. The Kier molecular flexibility index (Phi) is 5.66. The van der Waals surface area contributed by atoms with Gasteiger partial charge in [-0.05, 0) is 23.5 Å². The maximum Gasteiger partial charge on any atom is 0.447 e. The largest absolute Gasteiger partial charge is 0.447 e. The van der Waals surface area contributed by atoms with E-state index < -0.39 is 71.8 Å². The second-order valence-electron chi connectivity index (χ2n) is 3.07. The number of aromatic amines is 1. The molecule has 0 aromatic carbocycles. The van der Waals surface area contributed by atoms with Gasteiger partial charge in [-0.3, -0.25) is 0 Å². The summed E-state index contributed by atoms with van der Waals surface area (Å²) < 4.78 is 110. The van der Waals surface area contributed by atoms with Gasteiger partial charge in [0.05, 0.1) is 14.8 Å². The van der Waals surface area contributed by atoms with E-state index in [1.54, 1.807) is 4.98 Å². The van der Waals surface area contributed by atoms with Gasteiger partial charge in [-0.25, -0.2) is 0 Å². The predicted octanol–water partition coefficient (Wildman–Crippen LogP) is 6.50. The van der Waals surface area contributed by atoms with Crippen molar-refractivity contribution in [2.24, 2.45) is 0 Å². The Balaban J connectivity index is 3.29. The van der Waals surface area contributed by atoms with Gasteiger partial charge in [0.1, 0.15) is 5.15 Å². The molecular weight excluding hydrogens is 401 g/mol. The van der Waals surface area contributed by atoms with Crippen LogP contribution in [0.4, 0.5) is 39.5 Å². The third-order valence-corrected chi connectivity index (χ3v) is 4.57.